The van der Waals surface area contributed by atoms with Gasteiger partial charge in [-0.15, -0.1) is 0 Å². The highest BCUT2D eigenvalue weighted by molar-refractivity contribution is 8.00. The van der Waals surface area contributed by atoms with Crippen molar-refractivity contribution in [2.24, 2.45) is 5.92 Å². The zero-order valence-corrected chi connectivity index (χ0v) is 15.3. The number of carbonyl (C=O) groups is 1. The molecule has 0 aromatic heterocycles. The van der Waals surface area contributed by atoms with E-state index in [0.29, 0.717) is 5.92 Å². The average Bonchev–Trinajstić information content (AvgIpc) is 3.10. The van der Waals surface area contributed by atoms with Crippen molar-refractivity contribution < 1.29 is 9.53 Å². The molecule has 1 unspecified atom stereocenters. The van der Waals surface area contributed by atoms with Gasteiger partial charge < -0.3 is 15.0 Å². The lowest BCUT2D eigenvalue weighted by molar-refractivity contribution is 0.0773. The Kier molecular flexibility index (Phi) is 6.06. The molecule has 5 heteroatoms. The van der Waals surface area contributed by atoms with Crippen LogP contribution in [0.2, 0.25) is 0 Å². The Bertz CT molecular complexity index is 531. The van der Waals surface area contributed by atoms with Gasteiger partial charge in [-0.05, 0) is 43.4 Å². The zero-order valence-electron chi connectivity index (χ0n) is 14.5. The minimum absolute atomic E-state index is 0.102. The van der Waals surface area contributed by atoms with Crippen LogP contribution in [0.15, 0.2) is 30.3 Å². The number of amides is 2. The van der Waals surface area contributed by atoms with Crippen molar-refractivity contribution in [2.75, 3.05) is 39.1 Å². The van der Waals surface area contributed by atoms with Gasteiger partial charge in [0.05, 0.1) is 0 Å². The number of benzene rings is 1. The lowest BCUT2D eigenvalue weighted by Crippen LogP contribution is -2.48. The number of nitrogens with one attached hydrogen (secondary N) is 1. The Morgan fingerprint density at radius 3 is 2.79 bits per heavy atom. The summed E-state index contributed by atoms with van der Waals surface area (Å²) in [5.74, 6) is 0.579. The Hall–Kier alpha value is -1.20. The summed E-state index contributed by atoms with van der Waals surface area (Å²) in [6, 6.07) is 10.7. The molecule has 0 aliphatic carbocycles. The van der Waals surface area contributed by atoms with E-state index in [-0.39, 0.29) is 10.8 Å². The first kappa shape index (κ1) is 17.6. The van der Waals surface area contributed by atoms with Crippen molar-refractivity contribution in [3.05, 3.63) is 35.9 Å². The number of hydrogen-bond acceptors (Lipinski definition) is 3. The molecule has 0 bridgehead atoms. The van der Waals surface area contributed by atoms with Crippen LogP contribution in [0.3, 0.4) is 0 Å². The second-order valence-corrected chi connectivity index (χ2v) is 8.22. The standard InChI is InChI=1S/C19H28N2O2S/c1-24-19(8-11-23-12-9-19)15-20-18(22)21-10-7-17(14-21)13-16-5-3-2-4-6-16/h2-6,17H,7-15H2,1H3,(H,20,22). The fourth-order valence-electron chi connectivity index (χ4n) is 3.68. The molecule has 2 aliphatic rings. The van der Waals surface area contributed by atoms with Crippen molar-refractivity contribution in [3.8, 4) is 0 Å². The number of nitrogens with zero attached hydrogens (tertiary/aromatic N) is 1. The van der Waals surface area contributed by atoms with Crippen LogP contribution in [0, 0.1) is 5.92 Å². The molecule has 2 fully saturated rings. The smallest absolute Gasteiger partial charge is 0.317 e. The summed E-state index contributed by atoms with van der Waals surface area (Å²) in [4.78, 5) is 14.5. The summed E-state index contributed by atoms with van der Waals surface area (Å²) in [6.45, 7) is 4.10. The minimum Gasteiger partial charge on any atom is -0.381 e. The molecule has 1 atom stereocenters. The fourth-order valence-corrected chi connectivity index (χ4v) is 4.47. The molecule has 0 saturated carbocycles. The predicted molar refractivity (Wildman–Crippen MR) is 99.5 cm³/mol. The SMILES string of the molecule is CSC1(CNC(=O)N2CCC(Cc3ccccc3)C2)CCOCC1. The van der Waals surface area contributed by atoms with E-state index >= 15 is 0 Å². The van der Waals surface area contributed by atoms with Gasteiger partial charge in [-0.3, -0.25) is 0 Å². The molecule has 2 saturated heterocycles. The van der Waals surface area contributed by atoms with Crippen LogP contribution < -0.4 is 5.32 Å². The van der Waals surface area contributed by atoms with Gasteiger partial charge in [-0.2, -0.15) is 11.8 Å². The maximum Gasteiger partial charge on any atom is 0.317 e. The average molecular weight is 349 g/mol. The highest BCUT2D eigenvalue weighted by Gasteiger charge is 2.33. The van der Waals surface area contributed by atoms with Gasteiger partial charge in [-0.25, -0.2) is 4.79 Å². The monoisotopic (exact) mass is 348 g/mol. The van der Waals surface area contributed by atoms with Crippen LogP contribution in [0.1, 0.15) is 24.8 Å². The largest absolute Gasteiger partial charge is 0.381 e. The highest BCUT2D eigenvalue weighted by atomic mass is 32.2. The molecular weight excluding hydrogens is 320 g/mol. The van der Waals surface area contributed by atoms with E-state index in [0.717, 1.165) is 58.5 Å². The van der Waals surface area contributed by atoms with Gasteiger partial charge in [-0.1, -0.05) is 30.3 Å². The second-order valence-electron chi connectivity index (χ2n) is 6.95. The highest BCUT2D eigenvalue weighted by Crippen LogP contribution is 2.33. The molecule has 1 N–H and O–H groups in total. The van der Waals surface area contributed by atoms with Crippen molar-refractivity contribution in [1.29, 1.82) is 0 Å². The normalized spacial score (nSPS) is 23.2. The summed E-state index contributed by atoms with van der Waals surface area (Å²) < 4.78 is 5.62. The fraction of sp³-hybridized carbons (Fsp3) is 0.632. The van der Waals surface area contributed by atoms with Gasteiger partial charge >= 0.3 is 6.03 Å². The number of hydrogen-bond donors (Lipinski definition) is 1. The number of ether oxygens (including phenoxy) is 1. The molecule has 0 radical (unpaired) electrons. The number of rotatable bonds is 5. The number of thioether (sulfide) groups is 1. The van der Waals surface area contributed by atoms with Gasteiger partial charge in [0.15, 0.2) is 0 Å². The third-order valence-corrected chi connectivity index (χ3v) is 6.76. The summed E-state index contributed by atoms with van der Waals surface area (Å²) >= 11 is 1.87. The predicted octanol–water partition coefficient (Wildman–Crippen LogP) is 3.17. The third-order valence-electron chi connectivity index (χ3n) is 5.34. The molecule has 2 aliphatic heterocycles. The number of carbonyl (C=O) groups excluding carboxylic acids is 1. The molecule has 24 heavy (non-hydrogen) atoms. The topological polar surface area (TPSA) is 41.6 Å². The van der Waals surface area contributed by atoms with Gasteiger partial charge in [0.2, 0.25) is 0 Å². The minimum atomic E-state index is 0.102. The first-order chi connectivity index (χ1) is 11.7. The molecule has 3 rings (SSSR count). The maximum atomic E-state index is 12.5. The summed E-state index contributed by atoms with van der Waals surface area (Å²) in [7, 11) is 0. The Morgan fingerprint density at radius 2 is 2.08 bits per heavy atom. The van der Waals surface area contributed by atoms with E-state index in [1.165, 1.54) is 5.56 Å². The molecule has 1 aromatic carbocycles. The summed E-state index contributed by atoms with van der Waals surface area (Å²) in [6.07, 6.45) is 6.35. The van der Waals surface area contributed by atoms with E-state index < -0.39 is 0 Å². The van der Waals surface area contributed by atoms with Gasteiger partial charge in [0.25, 0.3) is 0 Å². The molecule has 4 nitrogen and oxygen atoms in total. The Balaban J connectivity index is 1.46. The molecule has 0 spiro atoms. The quantitative estimate of drug-likeness (QED) is 0.889. The Morgan fingerprint density at radius 1 is 1.33 bits per heavy atom. The number of urea groups is 1. The van der Waals surface area contributed by atoms with E-state index in [9.17, 15) is 4.79 Å². The van der Waals surface area contributed by atoms with Crippen LogP contribution in [-0.2, 0) is 11.2 Å². The van der Waals surface area contributed by atoms with E-state index in [4.69, 9.17) is 4.74 Å². The van der Waals surface area contributed by atoms with Crippen molar-refractivity contribution >= 4 is 17.8 Å². The van der Waals surface area contributed by atoms with Crippen LogP contribution in [-0.4, -0.2) is 54.8 Å². The molecule has 132 valence electrons. The van der Waals surface area contributed by atoms with Crippen LogP contribution in [0.5, 0.6) is 0 Å². The second kappa shape index (κ2) is 8.26. The van der Waals surface area contributed by atoms with Gasteiger partial charge in [0, 0.05) is 37.6 Å². The zero-order chi connectivity index (χ0) is 16.8. The van der Waals surface area contributed by atoms with Crippen LogP contribution in [0.25, 0.3) is 0 Å². The summed E-state index contributed by atoms with van der Waals surface area (Å²) in [5, 5.41) is 3.18. The third kappa shape index (κ3) is 4.45. The summed E-state index contributed by atoms with van der Waals surface area (Å²) in [5.41, 5.74) is 1.37. The lowest BCUT2D eigenvalue weighted by Gasteiger charge is -2.36. The first-order valence-corrected chi connectivity index (χ1v) is 10.1. The molecule has 1 aromatic rings. The van der Waals surface area contributed by atoms with E-state index in [1.54, 1.807) is 0 Å². The first-order valence-electron chi connectivity index (χ1n) is 8.90. The molecule has 2 amide bonds. The van der Waals surface area contributed by atoms with E-state index in [2.05, 4.69) is 41.9 Å². The van der Waals surface area contributed by atoms with Crippen molar-refractivity contribution in [3.63, 3.8) is 0 Å². The maximum absolute atomic E-state index is 12.5. The van der Waals surface area contributed by atoms with Crippen molar-refractivity contribution in [1.82, 2.24) is 10.2 Å². The molecule has 2 heterocycles. The van der Waals surface area contributed by atoms with Crippen LogP contribution in [0.4, 0.5) is 4.79 Å². The Labute approximate surface area is 149 Å². The van der Waals surface area contributed by atoms with Gasteiger partial charge in [0.1, 0.15) is 0 Å². The lowest BCUT2D eigenvalue weighted by atomic mass is 9.99. The number of likely N-dealkylation sites (tertiary alicyclic amines) is 1. The van der Waals surface area contributed by atoms with Crippen molar-refractivity contribution in [2.45, 2.75) is 30.4 Å². The van der Waals surface area contributed by atoms with Crippen LogP contribution >= 0.6 is 11.8 Å². The van der Waals surface area contributed by atoms with E-state index in [1.807, 2.05) is 16.7 Å². The molecular formula is C19H28N2O2S.